The minimum Gasteiger partial charge on any atom is -0.364 e. The van der Waals surface area contributed by atoms with Crippen LogP contribution in [0.25, 0.3) is 5.57 Å². The monoisotopic (exact) mass is 300 g/mol. The van der Waals surface area contributed by atoms with E-state index >= 15 is 0 Å². The van der Waals surface area contributed by atoms with Gasteiger partial charge in [-0.3, -0.25) is 0 Å². The predicted octanol–water partition coefficient (Wildman–Crippen LogP) is 3.71. The Labute approximate surface area is 132 Å². The van der Waals surface area contributed by atoms with Crippen molar-refractivity contribution in [3.05, 3.63) is 41.0 Å². The van der Waals surface area contributed by atoms with Crippen LogP contribution in [0.1, 0.15) is 38.8 Å². The van der Waals surface area contributed by atoms with Crippen molar-refractivity contribution < 1.29 is 14.2 Å². The maximum atomic E-state index is 6.26. The Morgan fingerprint density at radius 1 is 1.00 bits per heavy atom. The van der Waals surface area contributed by atoms with Crippen molar-refractivity contribution in [2.75, 3.05) is 0 Å². The molecule has 1 aromatic rings. The highest BCUT2D eigenvalue weighted by atomic mass is 16.8. The number of rotatable bonds is 1. The molecule has 0 radical (unpaired) electrons. The molecule has 3 heterocycles. The molecule has 3 heteroatoms. The van der Waals surface area contributed by atoms with E-state index in [0.717, 1.165) is 0 Å². The number of hydrogen-bond donors (Lipinski definition) is 0. The summed E-state index contributed by atoms with van der Waals surface area (Å²) in [6, 6.07) is 8.74. The second-order valence-corrected chi connectivity index (χ2v) is 7.34. The summed E-state index contributed by atoms with van der Waals surface area (Å²) < 4.78 is 18.5. The Morgan fingerprint density at radius 3 is 2.45 bits per heavy atom. The van der Waals surface area contributed by atoms with E-state index in [0.29, 0.717) is 5.92 Å². The average Bonchev–Trinajstić information content (AvgIpc) is 2.89. The summed E-state index contributed by atoms with van der Waals surface area (Å²) in [5, 5.41) is 0. The minimum atomic E-state index is -0.504. The first-order chi connectivity index (χ1) is 10.4. The van der Waals surface area contributed by atoms with Gasteiger partial charge in [0.05, 0.1) is 6.10 Å². The number of hydrogen-bond acceptors (Lipinski definition) is 3. The summed E-state index contributed by atoms with van der Waals surface area (Å²) in [6.07, 6.45) is 0.150. The lowest BCUT2D eigenvalue weighted by molar-refractivity contribution is -0.187. The van der Waals surface area contributed by atoms with Gasteiger partial charge in [0.15, 0.2) is 5.79 Å². The second kappa shape index (κ2) is 4.67. The lowest BCUT2D eigenvalue weighted by Crippen LogP contribution is -2.36. The lowest BCUT2D eigenvalue weighted by atomic mass is 9.84. The van der Waals surface area contributed by atoms with Crippen LogP contribution >= 0.6 is 0 Å². The van der Waals surface area contributed by atoms with Gasteiger partial charge in [-0.2, -0.15) is 0 Å². The molecule has 0 aromatic heterocycles. The third-order valence-corrected chi connectivity index (χ3v) is 5.22. The second-order valence-electron chi connectivity index (χ2n) is 7.34. The van der Waals surface area contributed by atoms with Crippen molar-refractivity contribution in [3.63, 3.8) is 0 Å². The molecule has 2 fully saturated rings. The van der Waals surface area contributed by atoms with Crippen LogP contribution in [0, 0.1) is 12.8 Å². The smallest absolute Gasteiger partial charge is 0.164 e. The molecule has 0 amide bonds. The highest BCUT2D eigenvalue weighted by molar-refractivity contribution is 5.73. The fourth-order valence-electron chi connectivity index (χ4n) is 4.36. The normalized spacial score (nSPS) is 39.2. The van der Waals surface area contributed by atoms with Gasteiger partial charge in [0.1, 0.15) is 18.3 Å². The number of aryl methyl sites for hydroxylation is 1. The van der Waals surface area contributed by atoms with E-state index in [4.69, 9.17) is 14.2 Å². The SMILES string of the molecule is CC1=C(c2cccc(C)c2)[C@@H](C)[C@@H]2O[C@H]1[C@H]1OC(C)(C)O[C@@H]21. The molecular formula is C19H24O3. The molecule has 2 saturated heterocycles. The molecule has 3 nitrogen and oxygen atoms in total. The maximum absolute atomic E-state index is 6.26. The Kier molecular flexibility index (Phi) is 3.06. The minimum absolute atomic E-state index is 0.0171. The fourth-order valence-corrected chi connectivity index (χ4v) is 4.36. The summed E-state index contributed by atoms with van der Waals surface area (Å²) in [7, 11) is 0. The molecule has 4 rings (SSSR count). The molecule has 0 aliphatic carbocycles. The van der Waals surface area contributed by atoms with Gasteiger partial charge in [0.2, 0.25) is 0 Å². The first kappa shape index (κ1) is 14.4. The van der Waals surface area contributed by atoms with Crippen molar-refractivity contribution in [2.24, 2.45) is 5.92 Å². The summed E-state index contributed by atoms with van der Waals surface area (Å²) in [4.78, 5) is 0. The van der Waals surface area contributed by atoms with Gasteiger partial charge in [-0.1, -0.05) is 36.8 Å². The fraction of sp³-hybridized carbons (Fsp3) is 0.579. The third kappa shape index (κ3) is 1.99. The van der Waals surface area contributed by atoms with E-state index in [9.17, 15) is 0 Å². The molecule has 118 valence electrons. The predicted molar refractivity (Wildman–Crippen MR) is 85.4 cm³/mol. The average molecular weight is 300 g/mol. The molecule has 0 unspecified atom stereocenters. The van der Waals surface area contributed by atoms with Crippen molar-refractivity contribution in [3.8, 4) is 0 Å². The van der Waals surface area contributed by atoms with Crippen LogP contribution in [0.3, 0.4) is 0 Å². The topological polar surface area (TPSA) is 27.7 Å². The van der Waals surface area contributed by atoms with Crippen LogP contribution in [0.15, 0.2) is 29.8 Å². The van der Waals surface area contributed by atoms with Crippen LogP contribution in [0.5, 0.6) is 0 Å². The first-order valence-electron chi connectivity index (χ1n) is 8.16. The van der Waals surface area contributed by atoms with Crippen LogP contribution in [0.2, 0.25) is 0 Å². The molecule has 0 N–H and O–H groups in total. The molecule has 3 aliphatic heterocycles. The van der Waals surface area contributed by atoms with Crippen molar-refractivity contribution in [1.82, 2.24) is 0 Å². The summed E-state index contributed by atoms with van der Waals surface area (Å²) >= 11 is 0. The van der Waals surface area contributed by atoms with Crippen molar-refractivity contribution >= 4 is 5.57 Å². The third-order valence-electron chi connectivity index (χ3n) is 5.22. The molecule has 22 heavy (non-hydrogen) atoms. The van der Waals surface area contributed by atoms with Crippen LogP contribution in [-0.2, 0) is 14.2 Å². The largest absolute Gasteiger partial charge is 0.364 e. The van der Waals surface area contributed by atoms with Crippen molar-refractivity contribution in [1.29, 1.82) is 0 Å². The van der Waals surface area contributed by atoms with E-state index < -0.39 is 5.79 Å². The molecule has 0 saturated carbocycles. The summed E-state index contributed by atoms with van der Waals surface area (Å²) in [6.45, 7) is 10.6. The Balaban J connectivity index is 1.78. The maximum Gasteiger partial charge on any atom is 0.164 e. The van der Waals surface area contributed by atoms with Crippen LogP contribution in [0.4, 0.5) is 0 Å². The van der Waals surface area contributed by atoms with Gasteiger partial charge in [0, 0.05) is 5.92 Å². The van der Waals surface area contributed by atoms with E-state index in [2.05, 4.69) is 45.0 Å². The van der Waals surface area contributed by atoms with Crippen LogP contribution in [-0.4, -0.2) is 30.2 Å². The van der Waals surface area contributed by atoms with E-state index in [1.807, 2.05) is 13.8 Å². The van der Waals surface area contributed by atoms with E-state index in [-0.39, 0.29) is 24.4 Å². The van der Waals surface area contributed by atoms with Crippen molar-refractivity contribution in [2.45, 2.75) is 64.8 Å². The Morgan fingerprint density at radius 2 is 1.73 bits per heavy atom. The summed E-state index contributed by atoms with van der Waals surface area (Å²) in [5.74, 6) is -0.193. The Hall–Kier alpha value is -1.16. The standard InChI is InChI=1S/C19H24O3/c1-10-7-6-8-13(9-10)14-11(2)15-17-18(16(20-15)12(14)3)22-19(4,5)21-17/h6-9,11,15-18H,1-5H3/t11-,15+,16-,17+,18-/m1/s1. The highest BCUT2D eigenvalue weighted by Gasteiger charge is 2.59. The number of ether oxygens (including phenoxy) is 3. The zero-order valence-corrected chi connectivity index (χ0v) is 13.9. The molecule has 5 atom stereocenters. The Bertz CT molecular complexity index is 646. The van der Waals surface area contributed by atoms with Gasteiger partial charge in [0.25, 0.3) is 0 Å². The van der Waals surface area contributed by atoms with Gasteiger partial charge < -0.3 is 14.2 Å². The van der Waals surface area contributed by atoms with Gasteiger partial charge in [-0.15, -0.1) is 0 Å². The van der Waals surface area contributed by atoms with E-state index in [1.54, 1.807) is 0 Å². The zero-order chi connectivity index (χ0) is 15.6. The quantitative estimate of drug-likeness (QED) is 0.791. The van der Waals surface area contributed by atoms with Crippen LogP contribution < -0.4 is 0 Å². The molecule has 2 bridgehead atoms. The zero-order valence-electron chi connectivity index (χ0n) is 13.9. The molecule has 0 spiro atoms. The van der Waals surface area contributed by atoms with E-state index in [1.165, 1.54) is 22.3 Å². The molecule has 3 aliphatic rings. The summed E-state index contributed by atoms with van der Waals surface area (Å²) in [5.41, 5.74) is 5.30. The van der Waals surface area contributed by atoms with Gasteiger partial charge in [-0.05, 0) is 44.4 Å². The molecular weight excluding hydrogens is 276 g/mol. The van der Waals surface area contributed by atoms with Gasteiger partial charge >= 0.3 is 0 Å². The molecule has 1 aromatic carbocycles. The lowest BCUT2D eigenvalue weighted by Gasteiger charge is -2.34. The first-order valence-corrected chi connectivity index (χ1v) is 8.16. The highest BCUT2D eigenvalue weighted by Crippen LogP contribution is 2.50. The van der Waals surface area contributed by atoms with Gasteiger partial charge in [-0.25, -0.2) is 0 Å². The number of fused-ring (bicyclic) bond motifs is 5. The number of benzene rings is 1.